The third-order valence-electron chi connectivity index (χ3n) is 2.84. The molecule has 0 aliphatic carbocycles. The summed E-state index contributed by atoms with van der Waals surface area (Å²) in [5.74, 6) is 0.966. The molecule has 0 N–H and O–H groups in total. The van der Waals surface area contributed by atoms with E-state index in [1.807, 2.05) is 11.8 Å². The molecular formula is C11H13N3O2S. The molecule has 1 unspecified atom stereocenters. The van der Waals surface area contributed by atoms with Gasteiger partial charge in [0.1, 0.15) is 5.82 Å². The second-order valence-corrected chi connectivity index (χ2v) is 6.40. The van der Waals surface area contributed by atoms with Crippen molar-refractivity contribution in [2.45, 2.75) is 13.0 Å². The third kappa shape index (κ3) is 2.56. The Kier molecular flexibility index (Phi) is 3.03. The van der Waals surface area contributed by atoms with Gasteiger partial charge in [-0.2, -0.15) is 5.26 Å². The molecule has 1 fully saturated rings. The average Bonchev–Trinajstić information content (AvgIpc) is 2.28. The fraction of sp³-hybridized carbons (Fsp3) is 0.455. The van der Waals surface area contributed by atoms with E-state index in [0.717, 1.165) is 0 Å². The minimum absolute atomic E-state index is 0.102. The molecule has 1 aromatic rings. The summed E-state index contributed by atoms with van der Waals surface area (Å²) in [6.45, 7) is 2.29. The average molecular weight is 251 g/mol. The third-order valence-corrected chi connectivity index (χ3v) is 4.63. The van der Waals surface area contributed by atoms with E-state index < -0.39 is 9.84 Å². The maximum atomic E-state index is 11.5. The second-order valence-electron chi connectivity index (χ2n) is 4.17. The van der Waals surface area contributed by atoms with Crippen molar-refractivity contribution in [1.82, 2.24) is 4.98 Å². The topological polar surface area (TPSA) is 74.1 Å². The molecule has 2 rings (SSSR count). The van der Waals surface area contributed by atoms with Crippen molar-refractivity contribution < 1.29 is 8.42 Å². The Labute approximate surface area is 101 Å². The minimum Gasteiger partial charge on any atom is -0.352 e. The summed E-state index contributed by atoms with van der Waals surface area (Å²) in [6.07, 6.45) is 1.57. The van der Waals surface area contributed by atoms with E-state index in [0.29, 0.717) is 17.9 Å². The highest BCUT2D eigenvalue weighted by molar-refractivity contribution is 7.91. The van der Waals surface area contributed by atoms with Crippen LogP contribution in [0.15, 0.2) is 18.3 Å². The largest absolute Gasteiger partial charge is 0.352 e. The summed E-state index contributed by atoms with van der Waals surface area (Å²) < 4.78 is 22.9. The lowest BCUT2D eigenvalue weighted by atomic mass is 10.2. The van der Waals surface area contributed by atoms with Gasteiger partial charge in [0.15, 0.2) is 9.84 Å². The molecule has 0 spiro atoms. The van der Waals surface area contributed by atoms with Crippen molar-refractivity contribution in [1.29, 1.82) is 5.26 Å². The van der Waals surface area contributed by atoms with Gasteiger partial charge in [-0.1, -0.05) is 0 Å². The van der Waals surface area contributed by atoms with Crippen LogP contribution in [0.5, 0.6) is 0 Å². The van der Waals surface area contributed by atoms with Gasteiger partial charge in [-0.25, -0.2) is 13.4 Å². The van der Waals surface area contributed by atoms with Gasteiger partial charge >= 0.3 is 0 Å². The molecule has 0 aromatic carbocycles. The number of nitriles is 1. The van der Waals surface area contributed by atoms with Crippen LogP contribution in [0, 0.1) is 11.3 Å². The molecule has 6 heteroatoms. The van der Waals surface area contributed by atoms with Crippen molar-refractivity contribution in [3.63, 3.8) is 0 Å². The molecule has 1 aliphatic rings. The summed E-state index contributed by atoms with van der Waals surface area (Å²) in [4.78, 5) is 6.12. The minimum atomic E-state index is -2.92. The number of sulfone groups is 1. The van der Waals surface area contributed by atoms with E-state index >= 15 is 0 Å². The number of hydrogen-bond acceptors (Lipinski definition) is 5. The first-order valence-corrected chi connectivity index (χ1v) is 7.17. The van der Waals surface area contributed by atoms with E-state index in [1.54, 1.807) is 18.3 Å². The predicted molar refractivity (Wildman–Crippen MR) is 64.4 cm³/mol. The molecule has 1 aromatic heterocycles. The van der Waals surface area contributed by atoms with Crippen LogP contribution >= 0.6 is 0 Å². The summed E-state index contributed by atoms with van der Waals surface area (Å²) >= 11 is 0. The molecular weight excluding hydrogens is 238 g/mol. The van der Waals surface area contributed by atoms with Gasteiger partial charge in [0.05, 0.1) is 23.1 Å². The van der Waals surface area contributed by atoms with Crippen LogP contribution in [0.4, 0.5) is 5.82 Å². The highest BCUT2D eigenvalue weighted by atomic mass is 32.2. The number of nitrogens with zero attached hydrogens (tertiary/aromatic N) is 3. The van der Waals surface area contributed by atoms with Crippen LogP contribution in [0.2, 0.25) is 0 Å². The summed E-state index contributed by atoms with van der Waals surface area (Å²) in [5, 5.41) is 8.82. The molecule has 0 radical (unpaired) electrons. The smallest absolute Gasteiger partial charge is 0.154 e. The first-order valence-electron chi connectivity index (χ1n) is 5.35. The van der Waals surface area contributed by atoms with Crippen molar-refractivity contribution in [2.75, 3.05) is 23.0 Å². The molecule has 1 atom stereocenters. The summed E-state index contributed by atoms with van der Waals surface area (Å²) in [6, 6.07) is 5.27. The number of hydrogen-bond donors (Lipinski definition) is 0. The fourth-order valence-electron chi connectivity index (χ4n) is 1.98. The number of rotatable bonds is 1. The zero-order chi connectivity index (χ0) is 12.5. The van der Waals surface area contributed by atoms with Gasteiger partial charge in [-0.05, 0) is 19.1 Å². The van der Waals surface area contributed by atoms with E-state index in [-0.39, 0.29) is 17.5 Å². The van der Waals surface area contributed by atoms with Gasteiger partial charge < -0.3 is 4.90 Å². The maximum Gasteiger partial charge on any atom is 0.154 e. The molecule has 2 heterocycles. The first kappa shape index (κ1) is 11.9. The monoisotopic (exact) mass is 251 g/mol. The highest BCUT2D eigenvalue weighted by Gasteiger charge is 2.28. The number of aromatic nitrogens is 1. The molecule has 5 nitrogen and oxygen atoms in total. The Morgan fingerprint density at radius 3 is 3.00 bits per heavy atom. The fourth-order valence-corrected chi connectivity index (χ4v) is 3.54. The zero-order valence-corrected chi connectivity index (χ0v) is 10.3. The quantitative estimate of drug-likeness (QED) is 0.729. The Bertz CT molecular complexity index is 562. The van der Waals surface area contributed by atoms with Gasteiger partial charge in [-0.3, -0.25) is 0 Å². The molecule has 1 saturated heterocycles. The van der Waals surface area contributed by atoms with E-state index in [9.17, 15) is 8.42 Å². The zero-order valence-electron chi connectivity index (χ0n) is 9.50. The lowest BCUT2D eigenvalue weighted by Crippen LogP contribution is -2.47. The maximum absolute atomic E-state index is 11.5. The predicted octanol–water partition coefficient (Wildman–Crippen LogP) is 0.577. The van der Waals surface area contributed by atoms with Crippen molar-refractivity contribution in [3.8, 4) is 6.07 Å². The van der Waals surface area contributed by atoms with Gasteiger partial charge in [-0.15, -0.1) is 0 Å². The van der Waals surface area contributed by atoms with Crippen LogP contribution in [0.25, 0.3) is 0 Å². The van der Waals surface area contributed by atoms with Crippen LogP contribution < -0.4 is 4.90 Å². The molecule has 0 saturated carbocycles. The molecule has 17 heavy (non-hydrogen) atoms. The normalized spacial score (nSPS) is 23.1. The highest BCUT2D eigenvalue weighted by Crippen LogP contribution is 2.19. The van der Waals surface area contributed by atoms with Crippen molar-refractivity contribution in [2.24, 2.45) is 0 Å². The Morgan fingerprint density at radius 1 is 1.59 bits per heavy atom. The SMILES string of the molecule is CC1CS(=O)(=O)CCN1c1cc(C#N)ccn1. The Balaban J connectivity index is 2.26. The van der Waals surface area contributed by atoms with E-state index in [2.05, 4.69) is 11.1 Å². The van der Waals surface area contributed by atoms with E-state index in [4.69, 9.17) is 5.26 Å². The summed E-state index contributed by atoms with van der Waals surface area (Å²) in [7, 11) is -2.92. The second kappa shape index (κ2) is 4.34. The lowest BCUT2D eigenvalue weighted by Gasteiger charge is -2.34. The van der Waals surface area contributed by atoms with Gasteiger partial charge in [0.25, 0.3) is 0 Å². The van der Waals surface area contributed by atoms with Crippen LogP contribution in [0.1, 0.15) is 12.5 Å². The first-order chi connectivity index (χ1) is 8.02. The molecule has 0 bridgehead atoms. The van der Waals surface area contributed by atoms with E-state index in [1.165, 1.54) is 0 Å². The Hall–Kier alpha value is -1.61. The van der Waals surface area contributed by atoms with Gasteiger partial charge in [0.2, 0.25) is 0 Å². The molecule has 0 amide bonds. The van der Waals surface area contributed by atoms with Crippen molar-refractivity contribution in [3.05, 3.63) is 23.9 Å². The lowest BCUT2D eigenvalue weighted by molar-refractivity contribution is 0.567. The Morgan fingerprint density at radius 2 is 2.35 bits per heavy atom. The van der Waals surface area contributed by atoms with Gasteiger partial charge in [0, 0.05) is 18.8 Å². The van der Waals surface area contributed by atoms with Crippen LogP contribution in [0.3, 0.4) is 0 Å². The molecule has 1 aliphatic heterocycles. The number of anilines is 1. The van der Waals surface area contributed by atoms with Crippen molar-refractivity contribution >= 4 is 15.7 Å². The summed E-state index contributed by atoms with van der Waals surface area (Å²) in [5.41, 5.74) is 0.538. The number of pyridine rings is 1. The van der Waals surface area contributed by atoms with Crippen LogP contribution in [-0.2, 0) is 9.84 Å². The standard InChI is InChI=1S/C11H13N3O2S/c1-9-8-17(15,16)5-4-14(9)11-6-10(7-12)2-3-13-11/h2-3,6,9H,4-5,8H2,1H3. The van der Waals surface area contributed by atoms with Crippen LogP contribution in [-0.4, -0.2) is 37.5 Å². The molecule has 90 valence electrons.